The number of benzene rings is 1. The first kappa shape index (κ1) is 16.2. The highest BCUT2D eigenvalue weighted by molar-refractivity contribution is 5.99. The summed E-state index contributed by atoms with van der Waals surface area (Å²) in [4.78, 5) is 24.6. The van der Waals surface area contributed by atoms with Crippen LogP contribution >= 0.6 is 0 Å². The minimum atomic E-state index is -0.428. The molecule has 1 fully saturated rings. The van der Waals surface area contributed by atoms with E-state index < -0.39 is 6.04 Å². The number of carbonyl (C=O) groups is 1. The molecule has 7 heteroatoms. The van der Waals surface area contributed by atoms with E-state index in [0.29, 0.717) is 30.4 Å². The Morgan fingerprint density at radius 2 is 2.08 bits per heavy atom. The van der Waals surface area contributed by atoms with Crippen molar-refractivity contribution in [1.29, 1.82) is 0 Å². The summed E-state index contributed by atoms with van der Waals surface area (Å²) >= 11 is 0. The van der Waals surface area contributed by atoms with E-state index >= 15 is 0 Å². The Bertz CT molecular complexity index is 736. The molecule has 1 aromatic carbocycles. The molecule has 1 amide bonds. The largest absolute Gasteiger partial charge is 0.358 e. The van der Waals surface area contributed by atoms with Gasteiger partial charge in [0.25, 0.3) is 0 Å². The number of carbonyl (C=O) groups excluding carboxylic acids is 1. The molecule has 1 atom stereocenters. The maximum absolute atomic E-state index is 14.0. The molecule has 2 heterocycles. The molecule has 1 N–H and O–H groups in total. The lowest BCUT2D eigenvalue weighted by Crippen LogP contribution is -2.48. The van der Waals surface area contributed by atoms with E-state index in [-0.39, 0.29) is 11.7 Å². The van der Waals surface area contributed by atoms with Crippen LogP contribution in [0.4, 0.5) is 21.8 Å². The van der Waals surface area contributed by atoms with Gasteiger partial charge in [0, 0.05) is 26.8 Å². The first-order valence-corrected chi connectivity index (χ1v) is 7.89. The maximum atomic E-state index is 14.0. The third kappa shape index (κ3) is 3.29. The highest BCUT2D eigenvalue weighted by atomic mass is 19.1. The van der Waals surface area contributed by atoms with Crippen molar-refractivity contribution >= 4 is 23.4 Å². The molecule has 0 aliphatic carbocycles. The molecule has 2 aromatic rings. The average molecular weight is 329 g/mol. The van der Waals surface area contributed by atoms with Gasteiger partial charge < -0.3 is 15.1 Å². The number of para-hydroxylation sites is 1. The normalized spacial score (nSPS) is 17.7. The van der Waals surface area contributed by atoms with Crippen molar-refractivity contribution in [3.05, 3.63) is 42.3 Å². The van der Waals surface area contributed by atoms with Crippen LogP contribution in [0.25, 0.3) is 0 Å². The molecule has 6 nitrogen and oxygen atoms in total. The van der Waals surface area contributed by atoms with Crippen molar-refractivity contribution in [2.24, 2.45) is 0 Å². The van der Waals surface area contributed by atoms with Gasteiger partial charge in [-0.1, -0.05) is 12.1 Å². The van der Waals surface area contributed by atoms with E-state index in [1.54, 1.807) is 35.4 Å². The van der Waals surface area contributed by atoms with Crippen LogP contribution < -0.4 is 15.1 Å². The molecule has 1 unspecified atom stereocenters. The Kier molecular flexibility index (Phi) is 4.59. The maximum Gasteiger partial charge on any atom is 0.249 e. The molecule has 0 spiro atoms. The molecule has 0 radical (unpaired) electrons. The minimum Gasteiger partial charge on any atom is -0.358 e. The number of rotatable bonds is 4. The van der Waals surface area contributed by atoms with Gasteiger partial charge in [-0.25, -0.2) is 9.37 Å². The fraction of sp³-hybridized carbons (Fsp3) is 0.353. The molecular formula is C17H20FN5O. The molecular weight excluding hydrogens is 309 g/mol. The van der Waals surface area contributed by atoms with E-state index in [0.717, 1.165) is 6.42 Å². The molecule has 3 rings (SSSR count). The summed E-state index contributed by atoms with van der Waals surface area (Å²) in [5, 5.41) is 3.15. The zero-order valence-corrected chi connectivity index (χ0v) is 13.7. The van der Waals surface area contributed by atoms with Gasteiger partial charge in [0.1, 0.15) is 17.7 Å². The third-order valence-electron chi connectivity index (χ3n) is 3.95. The summed E-state index contributed by atoms with van der Waals surface area (Å²) < 4.78 is 14.0. The van der Waals surface area contributed by atoms with Crippen molar-refractivity contribution in [3.8, 4) is 0 Å². The van der Waals surface area contributed by atoms with Crippen LogP contribution in [0.15, 0.2) is 36.5 Å². The Morgan fingerprint density at radius 1 is 1.29 bits per heavy atom. The Hall–Kier alpha value is -2.70. The second kappa shape index (κ2) is 6.82. The second-order valence-electron chi connectivity index (χ2n) is 5.92. The first-order valence-electron chi connectivity index (χ1n) is 7.89. The number of hydrogen-bond donors (Lipinski definition) is 1. The van der Waals surface area contributed by atoms with Gasteiger partial charge >= 0.3 is 0 Å². The molecule has 1 aliphatic heterocycles. The number of aromatic nitrogens is 2. The van der Waals surface area contributed by atoms with Gasteiger partial charge in [-0.15, -0.1) is 0 Å². The van der Waals surface area contributed by atoms with Gasteiger partial charge in [-0.2, -0.15) is 4.98 Å². The van der Waals surface area contributed by atoms with Crippen molar-refractivity contribution in [2.45, 2.75) is 18.9 Å². The van der Waals surface area contributed by atoms with Crippen molar-refractivity contribution in [2.75, 3.05) is 35.8 Å². The molecule has 24 heavy (non-hydrogen) atoms. The predicted octanol–water partition coefficient (Wildman–Crippen LogP) is 2.29. The number of halogens is 1. The summed E-state index contributed by atoms with van der Waals surface area (Å²) in [6, 6.07) is 7.65. The molecule has 0 bridgehead atoms. The van der Waals surface area contributed by atoms with E-state index in [9.17, 15) is 9.18 Å². The smallest absolute Gasteiger partial charge is 0.249 e. The fourth-order valence-electron chi connectivity index (χ4n) is 2.74. The molecule has 1 aromatic heterocycles. The molecule has 0 saturated carbocycles. The number of nitrogens with one attached hydrogen (secondary N) is 1. The van der Waals surface area contributed by atoms with Gasteiger partial charge in [0.05, 0.1) is 5.69 Å². The number of piperidine rings is 1. The summed E-state index contributed by atoms with van der Waals surface area (Å²) in [6.07, 6.45) is 3.13. The third-order valence-corrected chi connectivity index (χ3v) is 3.95. The van der Waals surface area contributed by atoms with Crippen molar-refractivity contribution in [3.63, 3.8) is 0 Å². The van der Waals surface area contributed by atoms with E-state index in [1.165, 1.54) is 11.0 Å². The number of nitrogens with zero attached hydrogens (tertiary/aromatic N) is 4. The number of hydrogen-bond acceptors (Lipinski definition) is 5. The number of anilines is 3. The molecule has 1 aliphatic rings. The highest BCUT2D eigenvalue weighted by Crippen LogP contribution is 2.25. The van der Waals surface area contributed by atoms with Crippen molar-refractivity contribution < 1.29 is 9.18 Å². The van der Waals surface area contributed by atoms with Crippen LogP contribution in [0.1, 0.15) is 12.8 Å². The zero-order valence-electron chi connectivity index (χ0n) is 13.7. The van der Waals surface area contributed by atoms with Gasteiger partial charge in [0.2, 0.25) is 11.9 Å². The van der Waals surface area contributed by atoms with Crippen LogP contribution in [0.3, 0.4) is 0 Å². The lowest BCUT2D eigenvalue weighted by Gasteiger charge is -2.33. The predicted molar refractivity (Wildman–Crippen MR) is 91.8 cm³/mol. The summed E-state index contributed by atoms with van der Waals surface area (Å²) in [5.74, 6) is 0.622. The Morgan fingerprint density at radius 3 is 2.83 bits per heavy atom. The highest BCUT2D eigenvalue weighted by Gasteiger charge is 2.31. The first-order chi connectivity index (χ1) is 11.6. The lowest BCUT2D eigenvalue weighted by atomic mass is 10.0. The van der Waals surface area contributed by atoms with Crippen LogP contribution in [0.5, 0.6) is 0 Å². The van der Waals surface area contributed by atoms with E-state index in [2.05, 4.69) is 15.3 Å². The van der Waals surface area contributed by atoms with Crippen LogP contribution in [-0.4, -0.2) is 42.6 Å². The van der Waals surface area contributed by atoms with Crippen LogP contribution in [0.2, 0.25) is 0 Å². The van der Waals surface area contributed by atoms with E-state index in [1.807, 2.05) is 14.1 Å². The summed E-state index contributed by atoms with van der Waals surface area (Å²) in [7, 11) is 3.70. The van der Waals surface area contributed by atoms with E-state index in [4.69, 9.17) is 0 Å². The summed E-state index contributed by atoms with van der Waals surface area (Å²) in [5.41, 5.74) is 0.325. The topological polar surface area (TPSA) is 61.4 Å². The average Bonchev–Trinajstić information content (AvgIpc) is 2.58. The van der Waals surface area contributed by atoms with Crippen molar-refractivity contribution in [1.82, 2.24) is 9.97 Å². The van der Waals surface area contributed by atoms with Gasteiger partial charge in [0.15, 0.2) is 0 Å². The lowest BCUT2D eigenvalue weighted by molar-refractivity contribution is -0.120. The Labute approximate surface area is 140 Å². The molecule has 126 valence electrons. The SMILES string of the molecule is CN(C)c1nccc(NC2CCCN(c3ccccc3F)C2=O)n1. The second-order valence-corrected chi connectivity index (χ2v) is 5.92. The fourth-order valence-corrected chi connectivity index (χ4v) is 2.74. The zero-order chi connectivity index (χ0) is 17.1. The number of amides is 1. The summed E-state index contributed by atoms with van der Waals surface area (Å²) in [6.45, 7) is 0.519. The Balaban J connectivity index is 1.78. The van der Waals surface area contributed by atoms with Crippen LogP contribution in [-0.2, 0) is 4.79 Å². The van der Waals surface area contributed by atoms with Gasteiger partial charge in [-0.05, 0) is 31.0 Å². The minimum absolute atomic E-state index is 0.142. The monoisotopic (exact) mass is 329 g/mol. The quantitative estimate of drug-likeness (QED) is 0.932. The van der Waals surface area contributed by atoms with Crippen LogP contribution in [0, 0.1) is 5.82 Å². The van der Waals surface area contributed by atoms with Gasteiger partial charge in [-0.3, -0.25) is 4.79 Å². The standard InChI is InChI=1S/C17H20FN5O/c1-22(2)17-19-10-9-15(21-17)20-13-7-5-11-23(16(13)24)14-8-4-3-6-12(14)18/h3-4,6,8-10,13H,5,7,11H2,1-2H3,(H,19,20,21). The molecule has 1 saturated heterocycles.